The predicted molar refractivity (Wildman–Crippen MR) is 77.1 cm³/mol. The quantitative estimate of drug-likeness (QED) is 0.867. The Labute approximate surface area is 111 Å². The monoisotopic (exact) mass is 257 g/mol. The highest BCUT2D eigenvalue weighted by molar-refractivity contribution is 7.10. The number of aryl methyl sites for hydroxylation is 1. The lowest BCUT2D eigenvalue weighted by atomic mass is 10.1. The first-order valence-electron chi connectivity index (χ1n) is 5.99. The number of hydrogen-bond acceptors (Lipinski definition) is 4. The highest BCUT2D eigenvalue weighted by Gasteiger charge is 2.10. The summed E-state index contributed by atoms with van der Waals surface area (Å²) in [6.07, 6.45) is 0. The summed E-state index contributed by atoms with van der Waals surface area (Å²) in [5.41, 5.74) is 3.73. The second kappa shape index (κ2) is 4.82. The van der Waals surface area contributed by atoms with E-state index < -0.39 is 0 Å². The Balaban J connectivity index is 1.66. The second-order valence-corrected chi connectivity index (χ2v) is 5.33. The fourth-order valence-electron chi connectivity index (χ4n) is 1.96. The van der Waals surface area contributed by atoms with Crippen LogP contribution in [0.15, 0.2) is 40.7 Å². The summed E-state index contributed by atoms with van der Waals surface area (Å²) in [5, 5.41) is 8.80. The molecule has 18 heavy (non-hydrogen) atoms. The van der Waals surface area contributed by atoms with Crippen LogP contribution in [0.2, 0.25) is 0 Å². The van der Waals surface area contributed by atoms with Crippen molar-refractivity contribution in [2.75, 3.05) is 5.32 Å². The summed E-state index contributed by atoms with van der Waals surface area (Å²) in [6, 6.07) is 10.4. The summed E-state index contributed by atoms with van der Waals surface area (Å²) in [7, 11) is 0. The number of fused-ring (bicyclic) bond motifs is 1. The van der Waals surface area contributed by atoms with Gasteiger partial charge in [0.2, 0.25) is 0 Å². The molecule has 1 aromatic heterocycles. The Bertz CT molecular complexity index is 586. The van der Waals surface area contributed by atoms with Gasteiger partial charge in [0.25, 0.3) is 0 Å². The van der Waals surface area contributed by atoms with E-state index in [-0.39, 0.29) is 0 Å². The molecule has 3 rings (SSSR count). The molecule has 0 amide bonds. The molecule has 1 aromatic carbocycles. The maximum absolute atomic E-state index is 4.50. The molecular weight excluding hydrogens is 242 g/mol. The van der Waals surface area contributed by atoms with Gasteiger partial charge in [0.05, 0.1) is 13.1 Å². The molecule has 2 aromatic rings. The second-order valence-electron chi connectivity index (χ2n) is 4.33. The molecule has 0 aliphatic carbocycles. The minimum absolute atomic E-state index is 0.745. The molecule has 3 nitrogen and oxygen atoms in total. The van der Waals surface area contributed by atoms with Crippen molar-refractivity contribution in [1.29, 1.82) is 0 Å². The van der Waals surface area contributed by atoms with Crippen LogP contribution in [0.5, 0.6) is 0 Å². The minimum atomic E-state index is 0.745. The van der Waals surface area contributed by atoms with Crippen LogP contribution < -0.4 is 10.6 Å². The van der Waals surface area contributed by atoms with Crippen molar-refractivity contribution in [2.45, 2.75) is 20.0 Å². The number of hydrogen-bond donors (Lipinski definition) is 2. The van der Waals surface area contributed by atoms with Crippen molar-refractivity contribution in [2.24, 2.45) is 4.99 Å². The van der Waals surface area contributed by atoms with Gasteiger partial charge in [0.1, 0.15) is 0 Å². The third kappa shape index (κ3) is 2.24. The topological polar surface area (TPSA) is 36.4 Å². The fourth-order valence-corrected chi connectivity index (χ4v) is 2.81. The molecule has 2 heterocycles. The zero-order valence-corrected chi connectivity index (χ0v) is 11.1. The van der Waals surface area contributed by atoms with E-state index in [1.54, 1.807) is 11.3 Å². The van der Waals surface area contributed by atoms with Crippen LogP contribution in [0.1, 0.15) is 16.0 Å². The van der Waals surface area contributed by atoms with E-state index in [4.69, 9.17) is 0 Å². The number of para-hydroxylation sites is 1. The average molecular weight is 257 g/mol. The lowest BCUT2D eigenvalue weighted by Crippen LogP contribution is -2.32. The van der Waals surface area contributed by atoms with Crippen molar-refractivity contribution < 1.29 is 0 Å². The number of aliphatic imine (C=N–C) groups is 1. The number of rotatable bonds is 2. The summed E-state index contributed by atoms with van der Waals surface area (Å²) in [5.74, 6) is 0.862. The molecule has 0 saturated heterocycles. The Morgan fingerprint density at radius 3 is 3.06 bits per heavy atom. The number of benzene rings is 1. The molecule has 1 aliphatic rings. The number of nitrogens with one attached hydrogen (secondary N) is 2. The Kier molecular flexibility index (Phi) is 3.02. The Morgan fingerprint density at radius 2 is 2.22 bits per heavy atom. The molecular formula is C14H15N3S. The fraction of sp³-hybridized carbons (Fsp3) is 0.214. The van der Waals surface area contributed by atoms with Gasteiger partial charge in [-0.25, -0.2) is 4.99 Å². The first kappa shape index (κ1) is 11.3. The number of guanidine groups is 1. The molecule has 0 spiro atoms. The molecule has 2 N–H and O–H groups in total. The van der Waals surface area contributed by atoms with E-state index >= 15 is 0 Å². The van der Waals surface area contributed by atoms with Crippen LogP contribution in [0.25, 0.3) is 0 Å². The lowest BCUT2D eigenvalue weighted by Gasteiger charge is -2.19. The first-order valence-corrected chi connectivity index (χ1v) is 6.87. The SMILES string of the molecule is Cc1ccsc1CNC1=NCc2ccccc2N1. The first-order chi connectivity index (χ1) is 8.83. The molecule has 0 saturated carbocycles. The van der Waals surface area contributed by atoms with Gasteiger partial charge in [-0.15, -0.1) is 11.3 Å². The molecule has 0 radical (unpaired) electrons. The number of nitrogens with zero attached hydrogens (tertiary/aromatic N) is 1. The molecule has 92 valence electrons. The molecule has 1 aliphatic heterocycles. The van der Waals surface area contributed by atoms with Gasteiger partial charge < -0.3 is 10.6 Å². The summed E-state index contributed by atoms with van der Waals surface area (Å²) in [6.45, 7) is 3.71. The van der Waals surface area contributed by atoms with E-state index in [9.17, 15) is 0 Å². The van der Waals surface area contributed by atoms with Crippen LogP contribution >= 0.6 is 11.3 Å². The van der Waals surface area contributed by atoms with Gasteiger partial charge in [-0.3, -0.25) is 0 Å². The lowest BCUT2D eigenvalue weighted by molar-refractivity contribution is 0.892. The van der Waals surface area contributed by atoms with Crippen LogP contribution in [0, 0.1) is 6.92 Å². The molecule has 0 bridgehead atoms. The van der Waals surface area contributed by atoms with Gasteiger partial charge in [0.15, 0.2) is 5.96 Å². The zero-order chi connectivity index (χ0) is 12.4. The summed E-state index contributed by atoms with van der Waals surface area (Å²) in [4.78, 5) is 5.86. The highest BCUT2D eigenvalue weighted by Crippen LogP contribution is 2.20. The van der Waals surface area contributed by atoms with Crippen LogP contribution in [-0.4, -0.2) is 5.96 Å². The molecule has 4 heteroatoms. The van der Waals surface area contributed by atoms with Gasteiger partial charge in [-0.1, -0.05) is 18.2 Å². The van der Waals surface area contributed by atoms with Gasteiger partial charge in [-0.05, 0) is 35.6 Å². The van der Waals surface area contributed by atoms with E-state index in [1.165, 1.54) is 16.0 Å². The highest BCUT2D eigenvalue weighted by atomic mass is 32.1. The maximum atomic E-state index is 4.50. The largest absolute Gasteiger partial charge is 0.351 e. The molecule has 0 atom stereocenters. The maximum Gasteiger partial charge on any atom is 0.196 e. The normalized spacial score (nSPS) is 13.5. The summed E-state index contributed by atoms with van der Waals surface area (Å²) < 4.78 is 0. The van der Waals surface area contributed by atoms with Gasteiger partial charge in [-0.2, -0.15) is 0 Å². The Morgan fingerprint density at radius 1 is 1.33 bits per heavy atom. The van der Waals surface area contributed by atoms with E-state index in [0.717, 1.165) is 24.7 Å². The van der Waals surface area contributed by atoms with Crippen molar-refractivity contribution >= 4 is 23.0 Å². The third-order valence-electron chi connectivity index (χ3n) is 3.06. The standard InChI is InChI=1S/C14H15N3S/c1-10-6-7-18-13(10)9-16-14-15-8-11-4-2-3-5-12(11)17-14/h2-7H,8-9H2,1H3,(H2,15,16,17). The van der Waals surface area contributed by atoms with Crippen molar-refractivity contribution in [3.63, 3.8) is 0 Å². The van der Waals surface area contributed by atoms with Crippen LogP contribution in [0.3, 0.4) is 0 Å². The number of anilines is 1. The minimum Gasteiger partial charge on any atom is -0.351 e. The van der Waals surface area contributed by atoms with E-state index in [1.807, 2.05) is 12.1 Å². The third-order valence-corrected chi connectivity index (χ3v) is 4.09. The summed E-state index contributed by atoms with van der Waals surface area (Å²) >= 11 is 1.78. The van der Waals surface area contributed by atoms with Crippen LogP contribution in [-0.2, 0) is 13.1 Å². The average Bonchev–Trinajstić information content (AvgIpc) is 2.82. The van der Waals surface area contributed by atoms with Crippen molar-refractivity contribution in [1.82, 2.24) is 5.32 Å². The zero-order valence-electron chi connectivity index (χ0n) is 10.2. The van der Waals surface area contributed by atoms with Gasteiger partial charge >= 0.3 is 0 Å². The smallest absolute Gasteiger partial charge is 0.196 e. The Hall–Kier alpha value is -1.81. The van der Waals surface area contributed by atoms with Gasteiger partial charge in [0, 0.05) is 10.6 Å². The van der Waals surface area contributed by atoms with Crippen molar-refractivity contribution in [3.8, 4) is 0 Å². The molecule has 0 unspecified atom stereocenters. The predicted octanol–water partition coefficient (Wildman–Crippen LogP) is 3.13. The van der Waals surface area contributed by atoms with E-state index in [0.29, 0.717) is 0 Å². The van der Waals surface area contributed by atoms with Crippen molar-refractivity contribution in [3.05, 3.63) is 51.7 Å². The van der Waals surface area contributed by atoms with Crippen LogP contribution in [0.4, 0.5) is 5.69 Å². The van der Waals surface area contributed by atoms with E-state index in [2.05, 4.69) is 46.1 Å². The molecule has 0 fully saturated rings. The number of thiophene rings is 1.